The van der Waals surface area contributed by atoms with Crippen LogP contribution in [-0.2, 0) is 22.9 Å². The Morgan fingerprint density at radius 2 is 1.80 bits per heavy atom. The number of hydrogen-bond acceptors (Lipinski definition) is 6. The van der Waals surface area contributed by atoms with Gasteiger partial charge in [-0.2, -0.15) is 4.31 Å². The Labute approximate surface area is 152 Å². The molecule has 0 atom stereocenters. The third-order valence-corrected chi connectivity index (χ3v) is 8.27. The summed E-state index contributed by atoms with van der Waals surface area (Å²) in [5.41, 5.74) is 1.44. The molecule has 1 saturated heterocycles. The summed E-state index contributed by atoms with van der Waals surface area (Å²) >= 11 is 1.82. The second-order valence-corrected chi connectivity index (χ2v) is 10.1. The lowest BCUT2D eigenvalue weighted by atomic mass is 9.97. The number of piperazine rings is 1. The van der Waals surface area contributed by atoms with Crippen molar-refractivity contribution in [3.05, 3.63) is 16.3 Å². The average molecular weight is 381 g/mol. The summed E-state index contributed by atoms with van der Waals surface area (Å²) in [6.45, 7) is 6.10. The van der Waals surface area contributed by atoms with Gasteiger partial charge in [-0.15, -0.1) is 11.3 Å². The molecule has 0 aromatic carbocycles. The SMILES string of the molecule is CCS(=O)(=O)N1CCN(c2nc(C)nc3sc4c(c23)CCCC4)CC1. The summed E-state index contributed by atoms with van der Waals surface area (Å²) in [6.07, 6.45) is 4.75. The highest BCUT2D eigenvalue weighted by Crippen LogP contribution is 2.39. The molecule has 8 heteroatoms. The number of nitrogens with zero attached hydrogens (tertiary/aromatic N) is 4. The Kier molecular flexibility index (Phi) is 4.45. The molecule has 1 aliphatic heterocycles. The Balaban J connectivity index is 1.69. The Morgan fingerprint density at radius 3 is 2.52 bits per heavy atom. The molecule has 3 heterocycles. The quantitative estimate of drug-likeness (QED) is 0.818. The molecule has 0 amide bonds. The van der Waals surface area contributed by atoms with Gasteiger partial charge in [0, 0.05) is 31.1 Å². The molecular weight excluding hydrogens is 356 g/mol. The van der Waals surface area contributed by atoms with E-state index in [4.69, 9.17) is 4.98 Å². The van der Waals surface area contributed by atoms with Gasteiger partial charge >= 0.3 is 0 Å². The van der Waals surface area contributed by atoms with Crippen molar-refractivity contribution in [1.82, 2.24) is 14.3 Å². The van der Waals surface area contributed by atoms with Crippen molar-refractivity contribution in [2.75, 3.05) is 36.8 Å². The zero-order chi connectivity index (χ0) is 17.6. The molecule has 2 aromatic heterocycles. The molecule has 0 radical (unpaired) electrons. The molecule has 1 fully saturated rings. The van der Waals surface area contributed by atoms with Crippen LogP contribution in [0.5, 0.6) is 0 Å². The van der Waals surface area contributed by atoms with Gasteiger partial charge in [0.05, 0.1) is 11.1 Å². The van der Waals surface area contributed by atoms with Crippen molar-refractivity contribution >= 4 is 37.4 Å². The van der Waals surface area contributed by atoms with Crippen LogP contribution in [0, 0.1) is 6.92 Å². The number of sulfonamides is 1. The zero-order valence-electron chi connectivity index (χ0n) is 14.8. The second kappa shape index (κ2) is 6.48. The van der Waals surface area contributed by atoms with Crippen LogP contribution < -0.4 is 4.90 Å². The normalized spacial score (nSPS) is 19.4. The Bertz CT molecular complexity index is 899. The fourth-order valence-electron chi connectivity index (χ4n) is 3.83. The molecule has 0 spiro atoms. The maximum absolute atomic E-state index is 12.1. The van der Waals surface area contributed by atoms with E-state index in [1.165, 1.54) is 28.7 Å². The van der Waals surface area contributed by atoms with Crippen molar-refractivity contribution in [3.8, 4) is 0 Å². The second-order valence-electron chi connectivity index (χ2n) is 6.77. The van der Waals surface area contributed by atoms with E-state index in [0.717, 1.165) is 29.3 Å². The first-order chi connectivity index (χ1) is 12.0. The summed E-state index contributed by atoms with van der Waals surface area (Å²) in [6, 6.07) is 0. The Morgan fingerprint density at radius 1 is 1.08 bits per heavy atom. The largest absolute Gasteiger partial charge is 0.353 e. The van der Waals surface area contributed by atoms with Gasteiger partial charge in [0.25, 0.3) is 0 Å². The lowest BCUT2D eigenvalue weighted by Gasteiger charge is -2.35. The molecule has 2 aliphatic rings. The van der Waals surface area contributed by atoms with E-state index in [9.17, 15) is 8.42 Å². The van der Waals surface area contributed by atoms with E-state index < -0.39 is 10.0 Å². The van der Waals surface area contributed by atoms with Crippen LogP contribution in [0.2, 0.25) is 0 Å². The lowest BCUT2D eigenvalue weighted by molar-refractivity contribution is 0.385. The number of aromatic nitrogens is 2. The van der Waals surface area contributed by atoms with Crippen LogP contribution >= 0.6 is 11.3 Å². The van der Waals surface area contributed by atoms with Crippen LogP contribution in [0.4, 0.5) is 5.82 Å². The van der Waals surface area contributed by atoms with Crippen molar-refractivity contribution < 1.29 is 8.42 Å². The van der Waals surface area contributed by atoms with E-state index in [2.05, 4.69) is 9.88 Å². The zero-order valence-corrected chi connectivity index (χ0v) is 16.4. The molecule has 0 unspecified atom stereocenters. The summed E-state index contributed by atoms with van der Waals surface area (Å²) in [7, 11) is -3.11. The van der Waals surface area contributed by atoms with Gasteiger partial charge in [0.2, 0.25) is 10.0 Å². The first-order valence-electron chi connectivity index (χ1n) is 9.01. The van der Waals surface area contributed by atoms with Crippen molar-refractivity contribution in [1.29, 1.82) is 0 Å². The topological polar surface area (TPSA) is 66.4 Å². The molecule has 0 N–H and O–H groups in total. The first kappa shape index (κ1) is 17.2. The predicted molar refractivity (Wildman–Crippen MR) is 102 cm³/mol. The predicted octanol–water partition coefficient (Wildman–Crippen LogP) is 2.35. The Hall–Kier alpha value is -1.25. The first-order valence-corrected chi connectivity index (χ1v) is 11.4. The smallest absolute Gasteiger partial charge is 0.213 e. The molecule has 0 bridgehead atoms. The van der Waals surface area contributed by atoms with Gasteiger partial charge < -0.3 is 4.90 Å². The highest BCUT2D eigenvalue weighted by atomic mass is 32.2. The van der Waals surface area contributed by atoms with Gasteiger partial charge in [-0.25, -0.2) is 18.4 Å². The highest BCUT2D eigenvalue weighted by Gasteiger charge is 2.29. The van der Waals surface area contributed by atoms with Crippen LogP contribution in [-0.4, -0.2) is 54.6 Å². The number of rotatable bonds is 3. The van der Waals surface area contributed by atoms with Crippen LogP contribution in [0.15, 0.2) is 0 Å². The number of hydrogen-bond donors (Lipinski definition) is 0. The maximum Gasteiger partial charge on any atom is 0.213 e. The third kappa shape index (κ3) is 3.04. The van der Waals surface area contributed by atoms with Crippen LogP contribution in [0.1, 0.15) is 36.0 Å². The number of anilines is 1. The molecule has 1 aliphatic carbocycles. The minimum absolute atomic E-state index is 0.169. The fraction of sp³-hybridized carbons (Fsp3) is 0.647. The van der Waals surface area contributed by atoms with Gasteiger partial charge in [0.15, 0.2) is 0 Å². The maximum atomic E-state index is 12.1. The fourth-order valence-corrected chi connectivity index (χ4v) is 6.22. The van der Waals surface area contributed by atoms with E-state index in [0.29, 0.717) is 26.2 Å². The van der Waals surface area contributed by atoms with Gasteiger partial charge in [-0.3, -0.25) is 0 Å². The van der Waals surface area contributed by atoms with Gasteiger partial charge in [0.1, 0.15) is 16.5 Å². The van der Waals surface area contributed by atoms with E-state index in [1.807, 2.05) is 18.3 Å². The summed E-state index contributed by atoms with van der Waals surface area (Å²) in [5.74, 6) is 1.97. The van der Waals surface area contributed by atoms with Crippen molar-refractivity contribution in [2.45, 2.75) is 39.5 Å². The van der Waals surface area contributed by atoms with E-state index in [-0.39, 0.29) is 5.75 Å². The van der Waals surface area contributed by atoms with Gasteiger partial charge in [-0.1, -0.05) is 0 Å². The van der Waals surface area contributed by atoms with Crippen LogP contribution in [0.25, 0.3) is 10.2 Å². The third-order valence-electron chi connectivity index (χ3n) is 5.20. The summed E-state index contributed by atoms with van der Waals surface area (Å²) in [4.78, 5) is 14.3. The minimum atomic E-state index is -3.11. The minimum Gasteiger partial charge on any atom is -0.353 e. The summed E-state index contributed by atoms with van der Waals surface area (Å²) < 4.78 is 25.8. The molecule has 2 aromatic rings. The molecule has 136 valence electrons. The molecule has 4 rings (SSSR count). The van der Waals surface area contributed by atoms with E-state index in [1.54, 1.807) is 11.2 Å². The van der Waals surface area contributed by atoms with Crippen LogP contribution in [0.3, 0.4) is 0 Å². The standard InChI is InChI=1S/C17H24N4O2S2/c1-3-25(22,23)21-10-8-20(9-11-21)16-15-13-6-4-5-7-14(13)24-17(15)19-12(2)18-16/h3-11H2,1-2H3. The number of fused-ring (bicyclic) bond motifs is 3. The number of thiophene rings is 1. The molecular formula is C17H24N4O2S2. The average Bonchev–Trinajstić information content (AvgIpc) is 2.99. The van der Waals surface area contributed by atoms with Gasteiger partial charge in [-0.05, 0) is 45.1 Å². The molecule has 0 saturated carbocycles. The number of aryl methyl sites for hydroxylation is 3. The van der Waals surface area contributed by atoms with Crippen molar-refractivity contribution in [3.63, 3.8) is 0 Å². The van der Waals surface area contributed by atoms with E-state index >= 15 is 0 Å². The summed E-state index contributed by atoms with van der Waals surface area (Å²) in [5, 5.41) is 1.22. The monoisotopic (exact) mass is 380 g/mol. The van der Waals surface area contributed by atoms with Crippen molar-refractivity contribution in [2.24, 2.45) is 0 Å². The molecule has 25 heavy (non-hydrogen) atoms. The lowest BCUT2D eigenvalue weighted by Crippen LogP contribution is -2.49. The highest BCUT2D eigenvalue weighted by molar-refractivity contribution is 7.89. The molecule has 6 nitrogen and oxygen atoms in total.